The molecular weight excluding hydrogens is 611 g/mol. The Balaban J connectivity index is 1.43. The molecule has 0 saturated carbocycles. The van der Waals surface area contributed by atoms with Gasteiger partial charge in [-0.15, -0.1) is 0 Å². The Hall–Kier alpha value is -3.67. The minimum Gasteiger partial charge on any atom is -0.459 e. The van der Waals surface area contributed by atoms with Gasteiger partial charge in [0.1, 0.15) is 11.5 Å². The molecule has 0 radical (unpaired) electrons. The molecule has 4 aromatic rings. The first-order valence-corrected chi connectivity index (χ1v) is 14.6. The Morgan fingerprint density at radius 1 is 0.878 bits per heavy atom. The number of hydrogen-bond acceptors (Lipinski definition) is 6. The van der Waals surface area contributed by atoms with E-state index in [0.29, 0.717) is 15.8 Å². The van der Waals surface area contributed by atoms with Gasteiger partial charge in [-0.1, -0.05) is 64.6 Å². The van der Waals surface area contributed by atoms with Gasteiger partial charge in [-0.05, 0) is 67.1 Å². The van der Waals surface area contributed by atoms with Crippen LogP contribution in [-0.2, 0) is 32.7 Å². The summed E-state index contributed by atoms with van der Waals surface area (Å²) in [6, 6.07) is 21.0. The second-order valence-corrected chi connectivity index (χ2v) is 12.0. The maximum absolute atomic E-state index is 13.5. The van der Waals surface area contributed by atoms with E-state index in [1.807, 2.05) is 31.2 Å². The summed E-state index contributed by atoms with van der Waals surface area (Å²) in [6.07, 6.45) is 1.19. The Bertz CT molecular complexity index is 1690. The number of halogens is 3. The van der Waals surface area contributed by atoms with Crippen molar-refractivity contribution >= 4 is 68.5 Å². The number of furan rings is 1. The van der Waals surface area contributed by atoms with Gasteiger partial charge >= 0.3 is 11.8 Å². The van der Waals surface area contributed by atoms with Gasteiger partial charge < -0.3 is 9.73 Å². The zero-order valence-electron chi connectivity index (χ0n) is 21.5. The van der Waals surface area contributed by atoms with Crippen molar-refractivity contribution in [2.75, 3.05) is 5.32 Å². The number of rotatable bonds is 9. The van der Waals surface area contributed by atoms with Gasteiger partial charge in [0.15, 0.2) is 0 Å². The Kier molecular flexibility index (Phi) is 9.85. The van der Waals surface area contributed by atoms with Gasteiger partial charge in [-0.25, -0.2) is 13.8 Å². The van der Waals surface area contributed by atoms with Crippen molar-refractivity contribution < 1.29 is 22.4 Å². The summed E-state index contributed by atoms with van der Waals surface area (Å²) in [5.41, 5.74) is 4.22. The first kappa shape index (κ1) is 30.3. The van der Waals surface area contributed by atoms with Crippen molar-refractivity contribution in [1.82, 2.24) is 9.73 Å². The average Bonchev–Trinajstić information content (AvgIpc) is 3.39. The summed E-state index contributed by atoms with van der Waals surface area (Å²) < 4.78 is 34.1. The van der Waals surface area contributed by atoms with E-state index >= 15 is 0 Å². The van der Waals surface area contributed by atoms with Crippen molar-refractivity contribution in [3.05, 3.63) is 117 Å². The highest BCUT2D eigenvalue weighted by Gasteiger charge is 2.26. The topological polar surface area (TPSA) is 121 Å². The maximum Gasteiger partial charge on any atom is 0.329 e. The lowest BCUT2D eigenvalue weighted by atomic mass is 10.1. The summed E-state index contributed by atoms with van der Waals surface area (Å²) in [5, 5.41) is 7.05. The first-order chi connectivity index (χ1) is 19.5. The predicted octanol–water partition coefficient (Wildman–Crippen LogP) is 6.03. The maximum atomic E-state index is 13.5. The minimum atomic E-state index is -3.92. The van der Waals surface area contributed by atoms with E-state index in [1.165, 1.54) is 53.0 Å². The molecule has 0 aliphatic rings. The van der Waals surface area contributed by atoms with Crippen LogP contribution in [0, 0.1) is 6.92 Å². The number of benzene rings is 3. The van der Waals surface area contributed by atoms with E-state index in [-0.39, 0.29) is 34.5 Å². The van der Waals surface area contributed by atoms with Crippen LogP contribution in [0.15, 0.2) is 93.3 Å². The molecule has 1 heterocycles. The quantitative estimate of drug-likeness (QED) is 0.133. The molecule has 0 saturated heterocycles. The third-order valence-corrected chi connectivity index (χ3v) is 8.48. The molecule has 13 heteroatoms. The normalized spacial score (nSPS) is 11.6. The molecule has 212 valence electrons. The summed E-state index contributed by atoms with van der Waals surface area (Å²) in [5.74, 6) is -1.44. The smallest absolute Gasteiger partial charge is 0.329 e. The Morgan fingerprint density at radius 3 is 2.27 bits per heavy atom. The summed E-state index contributed by atoms with van der Waals surface area (Å²) in [7, 11) is -3.92. The van der Waals surface area contributed by atoms with Crippen molar-refractivity contribution in [2.45, 2.75) is 24.9 Å². The number of nitrogens with one attached hydrogen (secondary N) is 2. The van der Waals surface area contributed by atoms with Crippen LogP contribution in [0.4, 0.5) is 5.69 Å². The lowest BCUT2D eigenvalue weighted by Gasteiger charge is -2.21. The minimum absolute atomic E-state index is 0.0783. The highest BCUT2D eigenvalue weighted by Crippen LogP contribution is 2.25. The Morgan fingerprint density at radius 2 is 1.59 bits per heavy atom. The fraction of sp³-hybridized carbons (Fsp3) is 0.107. The summed E-state index contributed by atoms with van der Waals surface area (Å²) in [6.45, 7) is 1.97. The SMILES string of the molecule is Cc1ccc(CN(Cc2ccc(/C=N/NC(=O)C(=O)Nc3ccc(Cl)c(Cl)c3)o2)S(=O)(=O)c2ccc(Cl)cc2)cc1. The molecule has 0 spiro atoms. The van der Waals surface area contributed by atoms with Gasteiger partial charge in [-0.2, -0.15) is 9.41 Å². The van der Waals surface area contributed by atoms with Gasteiger partial charge in [0.2, 0.25) is 10.0 Å². The number of nitrogens with zero attached hydrogens (tertiary/aromatic N) is 2. The van der Waals surface area contributed by atoms with Crippen LogP contribution in [0.3, 0.4) is 0 Å². The lowest BCUT2D eigenvalue weighted by molar-refractivity contribution is -0.136. The van der Waals surface area contributed by atoms with Crippen LogP contribution in [0.1, 0.15) is 22.6 Å². The van der Waals surface area contributed by atoms with Crippen LogP contribution in [0.2, 0.25) is 15.1 Å². The third-order valence-electron chi connectivity index (χ3n) is 5.69. The fourth-order valence-corrected chi connectivity index (χ4v) is 5.39. The van der Waals surface area contributed by atoms with Gasteiger partial charge in [-0.3, -0.25) is 9.59 Å². The van der Waals surface area contributed by atoms with Gasteiger partial charge in [0.05, 0.1) is 27.7 Å². The molecule has 0 fully saturated rings. The zero-order valence-corrected chi connectivity index (χ0v) is 24.6. The van der Waals surface area contributed by atoms with Crippen LogP contribution in [0.25, 0.3) is 0 Å². The third kappa shape index (κ3) is 8.18. The molecule has 0 aliphatic carbocycles. The molecule has 0 aliphatic heterocycles. The van der Waals surface area contributed by atoms with Crippen LogP contribution in [-0.4, -0.2) is 30.8 Å². The van der Waals surface area contributed by atoms with E-state index in [1.54, 1.807) is 12.1 Å². The second kappa shape index (κ2) is 13.3. The van der Waals surface area contributed by atoms with E-state index in [2.05, 4.69) is 15.8 Å². The number of carbonyl (C=O) groups is 2. The highest BCUT2D eigenvalue weighted by atomic mass is 35.5. The summed E-state index contributed by atoms with van der Waals surface area (Å²) in [4.78, 5) is 24.3. The zero-order chi connectivity index (χ0) is 29.6. The molecule has 0 atom stereocenters. The molecule has 1 aromatic heterocycles. The number of hydrazone groups is 1. The van der Waals surface area contributed by atoms with Gasteiger partial charge in [0, 0.05) is 17.3 Å². The molecule has 9 nitrogen and oxygen atoms in total. The molecule has 4 rings (SSSR count). The van der Waals surface area contributed by atoms with Crippen molar-refractivity contribution in [3.8, 4) is 0 Å². The number of hydrogen-bond donors (Lipinski definition) is 2. The molecule has 0 bridgehead atoms. The predicted molar refractivity (Wildman–Crippen MR) is 159 cm³/mol. The lowest BCUT2D eigenvalue weighted by Crippen LogP contribution is -2.32. The van der Waals surface area contributed by atoms with E-state index < -0.39 is 21.8 Å². The molecule has 0 unspecified atom stereocenters. The highest BCUT2D eigenvalue weighted by molar-refractivity contribution is 7.89. The fourth-order valence-electron chi connectivity index (χ4n) is 3.57. The van der Waals surface area contributed by atoms with E-state index in [9.17, 15) is 18.0 Å². The average molecular weight is 634 g/mol. The number of anilines is 1. The van der Waals surface area contributed by atoms with Crippen LogP contribution in [0.5, 0.6) is 0 Å². The van der Waals surface area contributed by atoms with Crippen LogP contribution >= 0.6 is 34.8 Å². The number of amides is 2. The molecule has 2 N–H and O–H groups in total. The standard InChI is InChI=1S/C28H23Cl3N4O5S/c1-18-2-4-19(5-3-18)16-35(41(38,39)24-11-6-20(29)7-12-24)17-23-10-9-22(40-23)15-32-34-28(37)27(36)33-21-8-13-25(30)26(31)14-21/h2-15H,16-17H2,1H3,(H,33,36)(H,34,37)/b32-15+. The van der Waals surface area contributed by atoms with Gasteiger partial charge in [0.25, 0.3) is 0 Å². The van der Waals surface area contributed by atoms with Crippen LogP contribution < -0.4 is 10.7 Å². The largest absolute Gasteiger partial charge is 0.459 e. The van der Waals surface area contributed by atoms with Crippen molar-refractivity contribution in [1.29, 1.82) is 0 Å². The second-order valence-electron chi connectivity index (χ2n) is 8.80. The molecule has 3 aromatic carbocycles. The molecule has 41 heavy (non-hydrogen) atoms. The summed E-state index contributed by atoms with van der Waals surface area (Å²) >= 11 is 17.7. The monoisotopic (exact) mass is 632 g/mol. The van der Waals surface area contributed by atoms with E-state index in [0.717, 1.165) is 11.1 Å². The van der Waals surface area contributed by atoms with Crippen molar-refractivity contribution in [2.24, 2.45) is 5.10 Å². The number of sulfonamides is 1. The molecular formula is C28H23Cl3N4O5S. The first-order valence-electron chi connectivity index (χ1n) is 12.0. The Labute approximate surface area is 251 Å². The molecule has 2 amide bonds. The number of carbonyl (C=O) groups excluding carboxylic acids is 2. The van der Waals surface area contributed by atoms with Crippen molar-refractivity contribution in [3.63, 3.8) is 0 Å². The number of aryl methyl sites for hydroxylation is 1. The van der Waals surface area contributed by atoms with E-state index in [4.69, 9.17) is 39.2 Å².